The van der Waals surface area contributed by atoms with Gasteiger partial charge in [0.15, 0.2) is 0 Å². The molecule has 26 heavy (non-hydrogen) atoms. The first-order valence-corrected chi connectivity index (χ1v) is 9.98. The normalized spacial score (nSPS) is 28.9. The van der Waals surface area contributed by atoms with Crippen LogP contribution in [-0.4, -0.2) is 7.05 Å². The van der Waals surface area contributed by atoms with Crippen molar-refractivity contribution < 1.29 is 0 Å². The van der Waals surface area contributed by atoms with Crippen LogP contribution in [0.15, 0.2) is 71.5 Å². The zero-order valence-electron chi connectivity index (χ0n) is 17.4. The van der Waals surface area contributed by atoms with E-state index in [0.717, 1.165) is 12.8 Å². The van der Waals surface area contributed by atoms with E-state index in [0.29, 0.717) is 17.8 Å². The van der Waals surface area contributed by atoms with Crippen molar-refractivity contribution in [1.82, 2.24) is 5.32 Å². The molecule has 0 saturated carbocycles. The van der Waals surface area contributed by atoms with E-state index in [1.165, 1.54) is 22.4 Å². The first-order valence-electron chi connectivity index (χ1n) is 9.98. The Morgan fingerprint density at radius 2 is 1.77 bits per heavy atom. The minimum Gasteiger partial charge on any atom is -0.388 e. The molecule has 0 fully saturated rings. The summed E-state index contributed by atoms with van der Waals surface area (Å²) in [4.78, 5) is 0. The number of likely N-dealkylation sites (N-methyl/N-ethyl adjacent to an activating group) is 1. The second kappa shape index (κ2) is 6.76. The minimum absolute atomic E-state index is 0.196. The predicted molar refractivity (Wildman–Crippen MR) is 114 cm³/mol. The Morgan fingerprint density at radius 3 is 2.42 bits per heavy atom. The topological polar surface area (TPSA) is 12.0 Å². The summed E-state index contributed by atoms with van der Waals surface area (Å²) >= 11 is 0. The van der Waals surface area contributed by atoms with Crippen molar-refractivity contribution in [3.63, 3.8) is 0 Å². The molecule has 1 nitrogen and oxygen atoms in total. The van der Waals surface area contributed by atoms with Gasteiger partial charge in [0, 0.05) is 24.6 Å². The van der Waals surface area contributed by atoms with Crippen molar-refractivity contribution in [2.45, 2.75) is 47.5 Å². The van der Waals surface area contributed by atoms with Gasteiger partial charge in [-0.25, -0.2) is 0 Å². The van der Waals surface area contributed by atoms with Gasteiger partial charge in [-0.3, -0.25) is 0 Å². The maximum absolute atomic E-state index is 4.48. The fourth-order valence-electron chi connectivity index (χ4n) is 4.43. The third-order valence-electron chi connectivity index (χ3n) is 7.16. The summed E-state index contributed by atoms with van der Waals surface area (Å²) in [7, 11) is 2.00. The summed E-state index contributed by atoms with van der Waals surface area (Å²) in [5.74, 6) is 1.45. The third kappa shape index (κ3) is 3.29. The van der Waals surface area contributed by atoms with Crippen LogP contribution in [0.3, 0.4) is 0 Å². The van der Waals surface area contributed by atoms with E-state index in [2.05, 4.69) is 89.0 Å². The van der Waals surface area contributed by atoms with Gasteiger partial charge >= 0.3 is 0 Å². The Hall–Kier alpha value is -1.76. The van der Waals surface area contributed by atoms with E-state index in [9.17, 15) is 0 Å². The zero-order chi connectivity index (χ0) is 19.1. The molecule has 0 radical (unpaired) electrons. The van der Waals surface area contributed by atoms with Gasteiger partial charge in [0.2, 0.25) is 0 Å². The Bertz CT molecular complexity index is 731. The Balaban J connectivity index is 1.95. The van der Waals surface area contributed by atoms with E-state index in [1.54, 1.807) is 0 Å². The van der Waals surface area contributed by atoms with Crippen LogP contribution in [0.1, 0.15) is 47.5 Å². The molecule has 1 N–H and O–H groups in total. The minimum atomic E-state index is 0.196. The number of fused-ring (bicyclic) bond motifs is 1. The van der Waals surface area contributed by atoms with Gasteiger partial charge in [-0.15, -0.1) is 0 Å². The van der Waals surface area contributed by atoms with Gasteiger partial charge in [-0.2, -0.15) is 0 Å². The molecule has 0 bridgehead atoms. The van der Waals surface area contributed by atoms with Crippen molar-refractivity contribution in [1.29, 1.82) is 0 Å². The average molecular weight is 350 g/mol. The van der Waals surface area contributed by atoms with Crippen molar-refractivity contribution >= 4 is 0 Å². The number of nitrogens with one attached hydrogen (secondary N) is 1. The molecule has 0 saturated heterocycles. The second-order valence-corrected chi connectivity index (χ2v) is 9.67. The van der Waals surface area contributed by atoms with E-state index >= 15 is 0 Å². The molecule has 0 aliphatic heterocycles. The molecule has 0 aromatic heterocycles. The maximum Gasteiger partial charge on any atom is 0.0297 e. The third-order valence-corrected chi connectivity index (χ3v) is 7.16. The summed E-state index contributed by atoms with van der Waals surface area (Å²) in [6.07, 6.45) is 18.5. The van der Waals surface area contributed by atoms with Crippen LogP contribution < -0.4 is 5.32 Å². The molecule has 140 valence electrons. The number of rotatable bonds is 3. The van der Waals surface area contributed by atoms with Crippen LogP contribution in [0.2, 0.25) is 0 Å². The van der Waals surface area contributed by atoms with Crippen LogP contribution in [0.4, 0.5) is 0 Å². The summed E-state index contributed by atoms with van der Waals surface area (Å²) in [5, 5.41) is 3.28. The molecule has 3 atom stereocenters. The Labute approximate surface area is 160 Å². The molecular weight excluding hydrogens is 314 g/mol. The molecule has 0 aromatic carbocycles. The molecule has 0 amide bonds. The van der Waals surface area contributed by atoms with E-state index < -0.39 is 0 Å². The summed E-state index contributed by atoms with van der Waals surface area (Å²) in [6.45, 7) is 16.4. The fourth-order valence-corrected chi connectivity index (χ4v) is 4.43. The van der Waals surface area contributed by atoms with Crippen molar-refractivity contribution in [2.75, 3.05) is 7.05 Å². The first-order chi connectivity index (χ1) is 12.1. The number of allylic oxidation sites excluding steroid dienone is 10. The van der Waals surface area contributed by atoms with Gasteiger partial charge in [0.05, 0.1) is 0 Å². The number of hydrogen-bond donors (Lipinski definition) is 1. The van der Waals surface area contributed by atoms with Gasteiger partial charge in [0.25, 0.3) is 0 Å². The zero-order valence-corrected chi connectivity index (χ0v) is 17.4. The Morgan fingerprint density at radius 1 is 1.08 bits per heavy atom. The molecule has 0 heterocycles. The van der Waals surface area contributed by atoms with Crippen molar-refractivity contribution in [3.05, 3.63) is 71.5 Å². The highest BCUT2D eigenvalue weighted by Crippen LogP contribution is 2.52. The highest BCUT2D eigenvalue weighted by atomic mass is 14.8. The standard InChI is InChI=1S/C25H35N/c1-17-14-19-15-20(26-7)13-12-18(19)16-22(17)21-10-8-9-11-23(21)25(5,6)24(2,3)4/h8-11,13,15-16,18,21,23,26H,1,12,14H2,2-7H3. The largest absolute Gasteiger partial charge is 0.388 e. The molecule has 0 spiro atoms. The van der Waals surface area contributed by atoms with Gasteiger partial charge in [-0.05, 0) is 46.8 Å². The predicted octanol–water partition coefficient (Wildman–Crippen LogP) is 6.35. The lowest BCUT2D eigenvalue weighted by molar-refractivity contribution is 0.0638. The lowest BCUT2D eigenvalue weighted by atomic mass is 9.56. The van der Waals surface area contributed by atoms with Gasteiger partial charge < -0.3 is 5.32 Å². The molecule has 1 heteroatoms. The lowest BCUT2D eigenvalue weighted by Gasteiger charge is -2.48. The monoisotopic (exact) mass is 349 g/mol. The molecule has 3 unspecified atom stereocenters. The highest BCUT2D eigenvalue weighted by Gasteiger charge is 2.44. The van der Waals surface area contributed by atoms with E-state index in [-0.39, 0.29) is 10.8 Å². The molecule has 3 rings (SSSR count). The van der Waals surface area contributed by atoms with Crippen molar-refractivity contribution in [2.24, 2.45) is 28.6 Å². The average Bonchev–Trinajstić information content (AvgIpc) is 2.59. The first kappa shape index (κ1) is 19.0. The van der Waals surface area contributed by atoms with E-state index in [1.807, 2.05) is 7.05 Å². The van der Waals surface area contributed by atoms with Crippen LogP contribution in [0.25, 0.3) is 0 Å². The smallest absolute Gasteiger partial charge is 0.0297 e. The summed E-state index contributed by atoms with van der Waals surface area (Å²) < 4.78 is 0. The van der Waals surface area contributed by atoms with Gasteiger partial charge in [0.1, 0.15) is 0 Å². The van der Waals surface area contributed by atoms with Crippen LogP contribution in [-0.2, 0) is 0 Å². The van der Waals surface area contributed by atoms with E-state index in [4.69, 9.17) is 0 Å². The second-order valence-electron chi connectivity index (χ2n) is 9.67. The SMILES string of the molecule is C=C1CC2=CC(NC)=CCC2C=C1C1C=CC=CC1C(C)(C)C(C)(C)C. The number of hydrogen-bond acceptors (Lipinski definition) is 1. The summed E-state index contributed by atoms with van der Waals surface area (Å²) in [6, 6.07) is 0. The molecule has 3 aliphatic carbocycles. The highest BCUT2D eigenvalue weighted by molar-refractivity contribution is 5.48. The Kier molecular flexibility index (Phi) is 4.94. The lowest BCUT2D eigenvalue weighted by Crippen LogP contribution is -2.41. The molecule has 0 aromatic rings. The summed E-state index contributed by atoms with van der Waals surface area (Å²) in [5.41, 5.74) is 5.95. The molecule has 3 aliphatic rings. The fraction of sp³-hybridized carbons (Fsp3) is 0.520. The van der Waals surface area contributed by atoms with Crippen LogP contribution >= 0.6 is 0 Å². The maximum atomic E-state index is 4.48. The van der Waals surface area contributed by atoms with Crippen LogP contribution in [0, 0.1) is 28.6 Å². The quantitative estimate of drug-likeness (QED) is 0.625. The van der Waals surface area contributed by atoms with Gasteiger partial charge in [-0.1, -0.05) is 83.2 Å². The van der Waals surface area contributed by atoms with Crippen molar-refractivity contribution in [3.8, 4) is 0 Å². The molecular formula is C25H35N. The van der Waals surface area contributed by atoms with Crippen LogP contribution in [0.5, 0.6) is 0 Å².